The number of hydrogen-bond donors (Lipinski definition) is 2. The third-order valence-corrected chi connectivity index (χ3v) is 4.89. The second-order valence-electron chi connectivity index (χ2n) is 5.92. The van der Waals surface area contributed by atoms with Crippen LogP contribution in [-0.4, -0.2) is 17.3 Å². The zero-order valence-corrected chi connectivity index (χ0v) is 13.5. The summed E-state index contributed by atoms with van der Waals surface area (Å²) in [7, 11) is 0. The van der Waals surface area contributed by atoms with E-state index in [1.807, 2.05) is 6.07 Å². The van der Waals surface area contributed by atoms with Gasteiger partial charge < -0.3 is 10.4 Å². The average Bonchev–Trinajstić information content (AvgIpc) is 2.42. The smallest absolute Gasteiger partial charge is 0.128 e. The van der Waals surface area contributed by atoms with Crippen molar-refractivity contribution in [1.82, 2.24) is 5.32 Å². The van der Waals surface area contributed by atoms with E-state index in [1.165, 1.54) is 12.5 Å². The molecule has 0 atom stereocenters. The fourth-order valence-corrected chi connectivity index (χ4v) is 3.23. The lowest BCUT2D eigenvalue weighted by Gasteiger charge is -2.36. The van der Waals surface area contributed by atoms with E-state index in [1.54, 1.807) is 6.07 Å². The SMILES string of the molecule is CCC1CCC(O)(CNCc2ccc(Br)cc2F)CC1. The quantitative estimate of drug-likeness (QED) is 0.846. The van der Waals surface area contributed by atoms with Crippen molar-refractivity contribution in [1.29, 1.82) is 0 Å². The monoisotopic (exact) mass is 343 g/mol. The highest BCUT2D eigenvalue weighted by Gasteiger charge is 2.32. The molecule has 0 aliphatic heterocycles. The summed E-state index contributed by atoms with van der Waals surface area (Å²) in [6.07, 6.45) is 5.10. The second kappa shape index (κ2) is 7.01. The van der Waals surface area contributed by atoms with Crippen molar-refractivity contribution in [2.45, 2.75) is 51.2 Å². The average molecular weight is 344 g/mol. The third-order valence-electron chi connectivity index (χ3n) is 4.40. The van der Waals surface area contributed by atoms with Gasteiger partial charge in [-0.2, -0.15) is 0 Å². The Morgan fingerprint density at radius 1 is 1.40 bits per heavy atom. The first-order chi connectivity index (χ1) is 9.52. The van der Waals surface area contributed by atoms with E-state index in [9.17, 15) is 9.50 Å². The molecule has 4 heteroatoms. The maximum absolute atomic E-state index is 13.7. The minimum Gasteiger partial charge on any atom is -0.389 e. The van der Waals surface area contributed by atoms with Crippen LogP contribution < -0.4 is 5.32 Å². The van der Waals surface area contributed by atoms with Crippen LogP contribution in [0.1, 0.15) is 44.6 Å². The zero-order chi connectivity index (χ0) is 14.6. The molecule has 0 radical (unpaired) electrons. The molecule has 0 saturated heterocycles. The molecule has 0 spiro atoms. The molecule has 0 bridgehead atoms. The molecule has 1 aliphatic rings. The third kappa shape index (κ3) is 4.27. The van der Waals surface area contributed by atoms with Crippen LogP contribution in [0.25, 0.3) is 0 Å². The van der Waals surface area contributed by atoms with E-state index in [2.05, 4.69) is 28.2 Å². The van der Waals surface area contributed by atoms with Gasteiger partial charge >= 0.3 is 0 Å². The molecular formula is C16H23BrFNO. The summed E-state index contributed by atoms with van der Waals surface area (Å²) in [4.78, 5) is 0. The maximum atomic E-state index is 13.7. The molecule has 112 valence electrons. The van der Waals surface area contributed by atoms with Crippen LogP contribution in [0.3, 0.4) is 0 Å². The van der Waals surface area contributed by atoms with E-state index in [0.29, 0.717) is 18.7 Å². The normalized spacial score (nSPS) is 26.7. The van der Waals surface area contributed by atoms with Crippen molar-refractivity contribution < 1.29 is 9.50 Å². The van der Waals surface area contributed by atoms with Crippen molar-refractivity contribution in [2.24, 2.45) is 5.92 Å². The Kier molecular flexibility index (Phi) is 5.58. The molecule has 2 nitrogen and oxygen atoms in total. The van der Waals surface area contributed by atoms with E-state index < -0.39 is 5.60 Å². The minimum absolute atomic E-state index is 0.214. The van der Waals surface area contributed by atoms with E-state index in [4.69, 9.17) is 0 Å². The predicted octanol–water partition coefficient (Wildman–Crippen LogP) is 4.01. The summed E-state index contributed by atoms with van der Waals surface area (Å²) in [5.41, 5.74) is 0.0244. The van der Waals surface area contributed by atoms with Gasteiger partial charge in [0.1, 0.15) is 5.82 Å². The lowest BCUT2D eigenvalue weighted by atomic mass is 9.78. The van der Waals surface area contributed by atoms with Crippen LogP contribution >= 0.6 is 15.9 Å². The minimum atomic E-state index is -0.614. The summed E-state index contributed by atoms with van der Waals surface area (Å²) in [6.45, 7) is 3.21. The predicted molar refractivity (Wildman–Crippen MR) is 83.0 cm³/mol. The van der Waals surface area contributed by atoms with E-state index in [0.717, 1.165) is 36.1 Å². The zero-order valence-electron chi connectivity index (χ0n) is 12.0. The van der Waals surface area contributed by atoms with Gasteiger partial charge in [-0.25, -0.2) is 4.39 Å². The highest BCUT2D eigenvalue weighted by molar-refractivity contribution is 9.10. The van der Waals surface area contributed by atoms with Crippen LogP contribution in [-0.2, 0) is 6.54 Å². The largest absolute Gasteiger partial charge is 0.389 e. The van der Waals surface area contributed by atoms with Crippen molar-refractivity contribution in [2.75, 3.05) is 6.54 Å². The van der Waals surface area contributed by atoms with Crippen molar-refractivity contribution in [3.8, 4) is 0 Å². The number of halogens is 2. The maximum Gasteiger partial charge on any atom is 0.128 e. The molecule has 2 N–H and O–H groups in total. The molecule has 0 aromatic heterocycles. The molecule has 1 aromatic carbocycles. The molecule has 1 fully saturated rings. The van der Waals surface area contributed by atoms with Crippen molar-refractivity contribution in [3.05, 3.63) is 34.1 Å². The first kappa shape index (κ1) is 15.9. The topological polar surface area (TPSA) is 32.3 Å². The van der Waals surface area contributed by atoms with Crippen LogP contribution in [0.15, 0.2) is 22.7 Å². The summed E-state index contributed by atoms with van der Waals surface area (Å²) in [6, 6.07) is 5.07. The van der Waals surface area contributed by atoms with Gasteiger partial charge in [0.2, 0.25) is 0 Å². The molecular weight excluding hydrogens is 321 g/mol. The molecule has 0 amide bonds. The van der Waals surface area contributed by atoms with Crippen molar-refractivity contribution >= 4 is 15.9 Å². The van der Waals surface area contributed by atoms with E-state index >= 15 is 0 Å². The number of rotatable bonds is 5. The summed E-state index contributed by atoms with van der Waals surface area (Å²) in [5.74, 6) is 0.549. The van der Waals surface area contributed by atoms with Gasteiger partial charge in [0.25, 0.3) is 0 Å². The van der Waals surface area contributed by atoms with Gasteiger partial charge in [-0.3, -0.25) is 0 Å². The summed E-state index contributed by atoms with van der Waals surface area (Å²) < 4.78 is 14.4. The first-order valence-electron chi connectivity index (χ1n) is 7.39. The summed E-state index contributed by atoms with van der Waals surface area (Å²) >= 11 is 3.25. The van der Waals surface area contributed by atoms with Crippen LogP contribution in [0, 0.1) is 11.7 Å². The Labute approximate surface area is 128 Å². The second-order valence-corrected chi connectivity index (χ2v) is 6.83. The Hall–Kier alpha value is -0.450. The molecule has 1 saturated carbocycles. The highest BCUT2D eigenvalue weighted by atomic mass is 79.9. The van der Waals surface area contributed by atoms with Gasteiger partial charge in [0.05, 0.1) is 5.60 Å². The Morgan fingerprint density at radius 3 is 2.70 bits per heavy atom. The van der Waals surface area contributed by atoms with Gasteiger partial charge in [-0.05, 0) is 43.7 Å². The summed E-state index contributed by atoms with van der Waals surface area (Å²) in [5, 5.41) is 13.7. The number of nitrogens with one attached hydrogen (secondary N) is 1. The lowest BCUT2D eigenvalue weighted by Crippen LogP contribution is -2.43. The first-order valence-corrected chi connectivity index (χ1v) is 8.19. The lowest BCUT2D eigenvalue weighted by molar-refractivity contribution is -0.00885. The molecule has 1 aliphatic carbocycles. The molecule has 0 unspecified atom stereocenters. The van der Waals surface area contributed by atoms with Crippen LogP contribution in [0.4, 0.5) is 4.39 Å². The molecule has 1 aromatic rings. The van der Waals surface area contributed by atoms with Gasteiger partial charge in [-0.15, -0.1) is 0 Å². The molecule has 2 rings (SSSR count). The van der Waals surface area contributed by atoms with Gasteiger partial charge in [0.15, 0.2) is 0 Å². The Balaban J connectivity index is 1.80. The van der Waals surface area contributed by atoms with Gasteiger partial charge in [-0.1, -0.05) is 35.3 Å². The number of aliphatic hydroxyl groups is 1. The Bertz CT molecular complexity index is 444. The molecule has 0 heterocycles. The number of benzene rings is 1. The van der Waals surface area contributed by atoms with E-state index in [-0.39, 0.29) is 5.82 Å². The van der Waals surface area contributed by atoms with Gasteiger partial charge in [0, 0.05) is 23.1 Å². The fraction of sp³-hybridized carbons (Fsp3) is 0.625. The number of hydrogen-bond acceptors (Lipinski definition) is 2. The van der Waals surface area contributed by atoms with Crippen molar-refractivity contribution in [3.63, 3.8) is 0 Å². The fourth-order valence-electron chi connectivity index (χ4n) is 2.89. The van der Waals surface area contributed by atoms with Crippen LogP contribution in [0.2, 0.25) is 0 Å². The standard InChI is InChI=1S/C16H23BrFNO/c1-2-12-5-7-16(20,8-6-12)11-19-10-13-3-4-14(17)9-15(13)18/h3-4,9,12,19-20H,2,5-8,10-11H2,1H3. The Morgan fingerprint density at radius 2 is 2.10 bits per heavy atom. The van der Waals surface area contributed by atoms with Crippen LogP contribution in [0.5, 0.6) is 0 Å². The highest BCUT2D eigenvalue weighted by Crippen LogP contribution is 2.33. The molecule has 20 heavy (non-hydrogen) atoms.